The number of nitrogens with zero attached hydrogens (tertiary/aromatic N) is 2. The van der Waals surface area contributed by atoms with E-state index in [0.717, 1.165) is 0 Å². The maximum absolute atomic E-state index is 12.4. The monoisotopic (exact) mass is 295 g/mol. The van der Waals surface area contributed by atoms with Crippen LogP contribution in [0.5, 0.6) is 5.75 Å². The highest BCUT2D eigenvalue weighted by Crippen LogP contribution is 2.27. The van der Waals surface area contributed by atoms with Gasteiger partial charge in [-0.05, 0) is 19.1 Å². The predicted molar refractivity (Wildman–Crippen MR) is 76.1 cm³/mol. The molecule has 0 amide bonds. The van der Waals surface area contributed by atoms with Gasteiger partial charge in [0.1, 0.15) is 5.75 Å². The van der Waals surface area contributed by atoms with E-state index in [4.69, 9.17) is 10.5 Å². The molecule has 108 valence electrons. The van der Waals surface area contributed by atoms with Crippen molar-refractivity contribution in [1.82, 2.24) is 9.78 Å². The molecule has 2 N–H and O–H groups in total. The lowest BCUT2D eigenvalue weighted by Crippen LogP contribution is -2.08. The van der Waals surface area contributed by atoms with E-state index in [1.165, 1.54) is 12.3 Å². The molecule has 1 heterocycles. The van der Waals surface area contributed by atoms with Crippen molar-refractivity contribution < 1.29 is 13.2 Å². The number of nitrogen functional groups attached to an aromatic ring is 1. The highest BCUT2D eigenvalue weighted by atomic mass is 32.2. The largest absolute Gasteiger partial charge is 0.494 e. The van der Waals surface area contributed by atoms with Crippen molar-refractivity contribution in [2.75, 3.05) is 12.3 Å². The van der Waals surface area contributed by atoms with Gasteiger partial charge >= 0.3 is 0 Å². The highest BCUT2D eigenvalue weighted by molar-refractivity contribution is 7.90. The quantitative estimate of drug-likeness (QED) is 0.842. The van der Waals surface area contributed by atoms with Gasteiger partial charge in [-0.15, -0.1) is 0 Å². The van der Waals surface area contributed by atoms with Crippen molar-refractivity contribution in [1.29, 1.82) is 0 Å². The summed E-state index contributed by atoms with van der Waals surface area (Å²) in [5.74, 6) is 0.354. The molecule has 2 aromatic rings. The number of anilines is 1. The summed E-state index contributed by atoms with van der Waals surface area (Å²) in [5, 5.41) is 3.96. The molecule has 0 saturated heterocycles. The molecule has 1 aromatic heterocycles. The Morgan fingerprint density at radius 1 is 1.40 bits per heavy atom. The molecule has 0 bridgehead atoms. The van der Waals surface area contributed by atoms with Crippen LogP contribution in [0, 0.1) is 0 Å². The van der Waals surface area contributed by atoms with Crippen LogP contribution in [-0.4, -0.2) is 24.8 Å². The lowest BCUT2D eigenvalue weighted by Gasteiger charge is -2.09. The molecular weight excluding hydrogens is 278 g/mol. The zero-order chi connectivity index (χ0) is 14.8. The molecule has 0 aliphatic heterocycles. The fourth-order valence-electron chi connectivity index (χ4n) is 1.88. The third-order valence-corrected chi connectivity index (χ3v) is 4.48. The third-order valence-electron chi connectivity index (χ3n) is 2.75. The average Bonchev–Trinajstić information content (AvgIpc) is 2.76. The molecule has 0 saturated carbocycles. The molecule has 2 rings (SSSR count). The van der Waals surface area contributed by atoms with Crippen molar-refractivity contribution >= 4 is 15.5 Å². The Morgan fingerprint density at radius 2 is 2.15 bits per heavy atom. The summed E-state index contributed by atoms with van der Waals surface area (Å²) < 4.78 is 31.7. The molecule has 0 fully saturated rings. The summed E-state index contributed by atoms with van der Waals surface area (Å²) >= 11 is 0. The molecule has 0 spiro atoms. The minimum Gasteiger partial charge on any atom is -0.494 e. The van der Waals surface area contributed by atoms with Crippen molar-refractivity contribution in [2.24, 2.45) is 7.05 Å². The van der Waals surface area contributed by atoms with Crippen molar-refractivity contribution in [3.8, 4) is 5.75 Å². The van der Waals surface area contributed by atoms with E-state index in [9.17, 15) is 8.42 Å². The molecule has 7 heteroatoms. The number of sulfone groups is 1. The average molecular weight is 295 g/mol. The van der Waals surface area contributed by atoms with E-state index in [-0.39, 0.29) is 16.3 Å². The SMILES string of the molecule is CCOc1ccc(N)c(S(=O)(=O)Cc2cnn(C)c2)c1. The Labute approximate surface area is 118 Å². The third kappa shape index (κ3) is 3.11. The predicted octanol–water partition coefficient (Wildman–Crippen LogP) is 1.37. The zero-order valence-corrected chi connectivity index (χ0v) is 12.2. The van der Waals surface area contributed by atoms with Crippen LogP contribution in [0.25, 0.3) is 0 Å². The second-order valence-electron chi connectivity index (χ2n) is 4.41. The number of aromatic nitrogens is 2. The van der Waals surface area contributed by atoms with Crippen LogP contribution >= 0.6 is 0 Å². The first-order valence-electron chi connectivity index (χ1n) is 6.15. The Kier molecular flexibility index (Phi) is 3.99. The number of ether oxygens (including phenoxy) is 1. The fraction of sp³-hybridized carbons (Fsp3) is 0.308. The first kappa shape index (κ1) is 14.4. The van der Waals surface area contributed by atoms with Gasteiger partial charge in [0.15, 0.2) is 9.84 Å². The standard InChI is InChI=1S/C13H17N3O3S/c1-3-19-11-4-5-12(14)13(6-11)20(17,18)9-10-7-15-16(2)8-10/h4-8H,3,9,14H2,1-2H3. The molecule has 1 aromatic carbocycles. The van der Waals surface area contributed by atoms with E-state index in [1.807, 2.05) is 6.92 Å². The molecule has 0 aliphatic rings. The van der Waals surface area contributed by atoms with Crippen LogP contribution in [0.2, 0.25) is 0 Å². The smallest absolute Gasteiger partial charge is 0.184 e. The number of hydrogen-bond acceptors (Lipinski definition) is 5. The van der Waals surface area contributed by atoms with Gasteiger partial charge in [-0.25, -0.2) is 8.42 Å². The maximum Gasteiger partial charge on any atom is 0.184 e. The van der Waals surface area contributed by atoms with E-state index in [0.29, 0.717) is 17.9 Å². The van der Waals surface area contributed by atoms with Gasteiger partial charge in [0.05, 0.1) is 29.1 Å². The van der Waals surface area contributed by atoms with Gasteiger partial charge in [0.2, 0.25) is 0 Å². The van der Waals surface area contributed by atoms with Crippen molar-refractivity contribution in [3.63, 3.8) is 0 Å². The number of hydrogen-bond donors (Lipinski definition) is 1. The minimum absolute atomic E-state index is 0.0901. The topological polar surface area (TPSA) is 87.2 Å². The van der Waals surface area contributed by atoms with Gasteiger partial charge in [0.25, 0.3) is 0 Å². The Bertz CT molecular complexity index is 707. The summed E-state index contributed by atoms with van der Waals surface area (Å²) in [6.45, 7) is 2.30. The summed E-state index contributed by atoms with van der Waals surface area (Å²) in [6.07, 6.45) is 3.19. The lowest BCUT2D eigenvalue weighted by molar-refractivity contribution is 0.339. The number of benzene rings is 1. The number of aryl methyl sites for hydroxylation is 1. The second kappa shape index (κ2) is 5.54. The van der Waals surface area contributed by atoms with E-state index in [2.05, 4.69) is 5.10 Å². The van der Waals surface area contributed by atoms with Crippen LogP contribution in [0.1, 0.15) is 12.5 Å². The van der Waals surface area contributed by atoms with Gasteiger partial charge in [0, 0.05) is 24.9 Å². The number of nitrogens with two attached hydrogens (primary N) is 1. The van der Waals surface area contributed by atoms with Crippen LogP contribution in [0.15, 0.2) is 35.5 Å². The summed E-state index contributed by atoms with van der Waals surface area (Å²) in [6, 6.07) is 4.66. The molecule has 0 atom stereocenters. The van der Waals surface area contributed by atoms with Crippen LogP contribution in [-0.2, 0) is 22.6 Å². The van der Waals surface area contributed by atoms with Gasteiger partial charge in [-0.1, -0.05) is 0 Å². The van der Waals surface area contributed by atoms with Crippen molar-refractivity contribution in [2.45, 2.75) is 17.6 Å². The lowest BCUT2D eigenvalue weighted by atomic mass is 10.3. The first-order valence-corrected chi connectivity index (χ1v) is 7.80. The van der Waals surface area contributed by atoms with Gasteiger partial charge in [-0.2, -0.15) is 5.10 Å². The molecule has 0 aliphatic carbocycles. The maximum atomic E-state index is 12.4. The molecule has 20 heavy (non-hydrogen) atoms. The molecule has 6 nitrogen and oxygen atoms in total. The second-order valence-corrected chi connectivity index (χ2v) is 6.37. The molecular formula is C13H17N3O3S. The molecule has 0 unspecified atom stereocenters. The van der Waals surface area contributed by atoms with Crippen LogP contribution < -0.4 is 10.5 Å². The fourth-order valence-corrected chi connectivity index (χ4v) is 3.35. The summed E-state index contributed by atoms with van der Waals surface area (Å²) in [4.78, 5) is 0.0901. The summed E-state index contributed by atoms with van der Waals surface area (Å²) in [5.41, 5.74) is 6.61. The Morgan fingerprint density at radius 3 is 2.75 bits per heavy atom. The van der Waals surface area contributed by atoms with Gasteiger partial charge in [-0.3, -0.25) is 4.68 Å². The molecule has 0 radical (unpaired) electrons. The summed E-state index contributed by atoms with van der Waals surface area (Å²) in [7, 11) is -1.79. The zero-order valence-electron chi connectivity index (χ0n) is 11.4. The van der Waals surface area contributed by atoms with Crippen molar-refractivity contribution in [3.05, 3.63) is 36.2 Å². The van der Waals surface area contributed by atoms with Gasteiger partial charge < -0.3 is 10.5 Å². The Balaban J connectivity index is 2.35. The van der Waals surface area contributed by atoms with E-state index < -0.39 is 9.84 Å². The Hall–Kier alpha value is -2.02. The minimum atomic E-state index is -3.53. The van der Waals surface area contributed by atoms with E-state index >= 15 is 0 Å². The number of rotatable bonds is 5. The van der Waals surface area contributed by atoms with Crippen LogP contribution in [0.4, 0.5) is 5.69 Å². The van der Waals surface area contributed by atoms with E-state index in [1.54, 1.807) is 30.1 Å². The first-order chi connectivity index (χ1) is 9.42. The normalized spacial score (nSPS) is 11.5. The highest BCUT2D eigenvalue weighted by Gasteiger charge is 2.20. The van der Waals surface area contributed by atoms with Crippen LogP contribution in [0.3, 0.4) is 0 Å².